The van der Waals surface area contributed by atoms with Crippen LogP contribution < -0.4 is 11.1 Å². The third-order valence-corrected chi connectivity index (χ3v) is 3.68. The quantitative estimate of drug-likeness (QED) is 0.889. The summed E-state index contributed by atoms with van der Waals surface area (Å²) in [6, 6.07) is 5.67. The number of anilines is 1. The van der Waals surface area contributed by atoms with Crippen molar-refractivity contribution in [2.75, 3.05) is 5.73 Å². The van der Waals surface area contributed by atoms with Gasteiger partial charge < -0.3 is 11.1 Å². The summed E-state index contributed by atoms with van der Waals surface area (Å²) in [6.07, 6.45) is 3.90. The molecule has 0 aliphatic rings. The summed E-state index contributed by atoms with van der Waals surface area (Å²) in [7, 11) is 0. The highest BCUT2D eigenvalue weighted by molar-refractivity contribution is 7.10. The van der Waals surface area contributed by atoms with Crippen molar-refractivity contribution in [3.63, 3.8) is 0 Å². The smallest absolute Gasteiger partial charge is 0.253 e. The van der Waals surface area contributed by atoms with E-state index in [0.717, 1.165) is 11.3 Å². The Labute approximate surface area is 110 Å². The van der Waals surface area contributed by atoms with E-state index in [9.17, 15) is 4.79 Å². The van der Waals surface area contributed by atoms with Gasteiger partial charge in [-0.25, -0.2) is 0 Å². The monoisotopic (exact) mass is 261 g/mol. The first-order valence-electron chi connectivity index (χ1n) is 5.76. The van der Waals surface area contributed by atoms with Crippen molar-refractivity contribution in [2.45, 2.75) is 19.4 Å². The molecule has 2 aromatic rings. The van der Waals surface area contributed by atoms with Gasteiger partial charge in [-0.1, -0.05) is 13.0 Å². The molecule has 18 heavy (non-hydrogen) atoms. The minimum absolute atomic E-state index is 0.0325. The van der Waals surface area contributed by atoms with Gasteiger partial charge in [0.25, 0.3) is 5.91 Å². The molecule has 5 heteroatoms. The van der Waals surface area contributed by atoms with E-state index in [-0.39, 0.29) is 11.9 Å². The maximum absolute atomic E-state index is 12.1. The van der Waals surface area contributed by atoms with Crippen LogP contribution in [0.25, 0.3) is 0 Å². The number of rotatable bonds is 4. The average Bonchev–Trinajstić information content (AvgIpc) is 2.90. The topological polar surface area (TPSA) is 68.0 Å². The molecular formula is C13H15N3OS. The molecule has 0 aliphatic carbocycles. The van der Waals surface area contributed by atoms with Gasteiger partial charge in [-0.15, -0.1) is 11.3 Å². The largest absolute Gasteiger partial charge is 0.397 e. The second-order valence-corrected chi connectivity index (χ2v) is 4.89. The number of nitrogens with zero attached hydrogens (tertiary/aromatic N) is 1. The number of carbonyl (C=O) groups is 1. The first kappa shape index (κ1) is 12.6. The number of nitrogen functional groups attached to an aromatic ring is 1. The summed E-state index contributed by atoms with van der Waals surface area (Å²) < 4.78 is 0. The Morgan fingerprint density at radius 1 is 1.56 bits per heavy atom. The molecule has 4 nitrogen and oxygen atoms in total. The number of amides is 1. The molecule has 0 saturated carbocycles. The molecule has 2 rings (SSSR count). The molecule has 0 bridgehead atoms. The highest BCUT2D eigenvalue weighted by Crippen LogP contribution is 2.22. The van der Waals surface area contributed by atoms with Gasteiger partial charge in [0.15, 0.2) is 0 Å². The van der Waals surface area contributed by atoms with E-state index in [1.54, 1.807) is 23.6 Å². The number of nitrogens with two attached hydrogens (primary N) is 1. The van der Waals surface area contributed by atoms with Gasteiger partial charge in [0.2, 0.25) is 0 Å². The van der Waals surface area contributed by atoms with Crippen LogP contribution in [-0.4, -0.2) is 10.9 Å². The van der Waals surface area contributed by atoms with Crippen LogP contribution in [0.4, 0.5) is 5.69 Å². The standard InChI is InChI=1S/C13H15N3OS/c1-2-11(12-4-3-7-18-12)16-13(17)9-5-6-15-8-10(9)14/h3-8,11H,2,14H2,1H3,(H,16,17). The van der Waals surface area contributed by atoms with Crippen LogP contribution in [0.15, 0.2) is 36.0 Å². The van der Waals surface area contributed by atoms with Crippen LogP contribution in [-0.2, 0) is 0 Å². The minimum Gasteiger partial charge on any atom is -0.397 e. The zero-order valence-electron chi connectivity index (χ0n) is 10.1. The van der Waals surface area contributed by atoms with Crippen molar-refractivity contribution in [3.05, 3.63) is 46.4 Å². The molecule has 3 N–H and O–H groups in total. The Morgan fingerprint density at radius 3 is 3.00 bits per heavy atom. The van der Waals surface area contributed by atoms with Crippen LogP contribution in [0.3, 0.4) is 0 Å². The molecule has 0 spiro atoms. The SMILES string of the molecule is CCC(NC(=O)c1ccncc1N)c1cccs1. The lowest BCUT2D eigenvalue weighted by Gasteiger charge is -2.16. The summed E-state index contributed by atoms with van der Waals surface area (Å²) in [5, 5.41) is 4.99. The normalized spacial score (nSPS) is 12.1. The van der Waals surface area contributed by atoms with Crippen molar-refractivity contribution in [1.29, 1.82) is 0 Å². The molecule has 94 valence electrons. The Kier molecular flexibility index (Phi) is 3.94. The van der Waals surface area contributed by atoms with E-state index in [0.29, 0.717) is 11.3 Å². The fourth-order valence-electron chi connectivity index (χ4n) is 1.71. The van der Waals surface area contributed by atoms with Gasteiger partial charge in [-0.05, 0) is 23.9 Å². The summed E-state index contributed by atoms with van der Waals surface area (Å²) in [5.74, 6) is -0.157. The fourth-order valence-corrected chi connectivity index (χ4v) is 2.57. The fraction of sp³-hybridized carbons (Fsp3) is 0.231. The van der Waals surface area contributed by atoms with E-state index in [4.69, 9.17) is 5.73 Å². The number of pyridine rings is 1. The zero-order valence-corrected chi connectivity index (χ0v) is 10.9. The van der Waals surface area contributed by atoms with Crippen LogP contribution in [0, 0.1) is 0 Å². The molecule has 0 radical (unpaired) electrons. The van der Waals surface area contributed by atoms with E-state index >= 15 is 0 Å². The predicted molar refractivity (Wildman–Crippen MR) is 73.5 cm³/mol. The van der Waals surface area contributed by atoms with E-state index < -0.39 is 0 Å². The Bertz CT molecular complexity index is 525. The lowest BCUT2D eigenvalue weighted by Crippen LogP contribution is -2.28. The number of hydrogen-bond acceptors (Lipinski definition) is 4. The number of aromatic nitrogens is 1. The second kappa shape index (κ2) is 5.64. The molecule has 0 fully saturated rings. The van der Waals surface area contributed by atoms with E-state index in [2.05, 4.69) is 10.3 Å². The van der Waals surface area contributed by atoms with Crippen molar-refractivity contribution >= 4 is 22.9 Å². The third kappa shape index (κ3) is 2.68. The number of thiophene rings is 1. The highest BCUT2D eigenvalue weighted by Gasteiger charge is 2.16. The molecule has 1 atom stereocenters. The predicted octanol–water partition coefficient (Wildman–Crippen LogP) is 2.61. The summed E-state index contributed by atoms with van der Waals surface area (Å²) in [4.78, 5) is 17.1. The molecule has 1 unspecified atom stereocenters. The molecule has 0 aliphatic heterocycles. The van der Waals surface area contributed by atoms with Gasteiger partial charge in [0, 0.05) is 11.1 Å². The zero-order chi connectivity index (χ0) is 13.0. The van der Waals surface area contributed by atoms with Crippen molar-refractivity contribution in [3.8, 4) is 0 Å². The average molecular weight is 261 g/mol. The van der Waals surface area contributed by atoms with Crippen molar-refractivity contribution < 1.29 is 4.79 Å². The minimum atomic E-state index is -0.157. The lowest BCUT2D eigenvalue weighted by atomic mass is 10.1. The van der Waals surface area contributed by atoms with Gasteiger partial charge in [0.1, 0.15) is 0 Å². The number of hydrogen-bond donors (Lipinski definition) is 2. The number of carbonyl (C=O) groups excluding carboxylic acids is 1. The Hall–Kier alpha value is -1.88. The summed E-state index contributed by atoms with van der Waals surface area (Å²) >= 11 is 1.64. The Morgan fingerprint density at radius 2 is 2.39 bits per heavy atom. The van der Waals surface area contributed by atoms with Gasteiger partial charge in [0.05, 0.1) is 23.5 Å². The molecular weight excluding hydrogens is 246 g/mol. The first-order chi connectivity index (χ1) is 8.72. The van der Waals surface area contributed by atoms with Crippen LogP contribution in [0.5, 0.6) is 0 Å². The summed E-state index contributed by atoms with van der Waals surface area (Å²) in [5.41, 5.74) is 6.61. The second-order valence-electron chi connectivity index (χ2n) is 3.91. The van der Waals surface area contributed by atoms with Crippen molar-refractivity contribution in [2.24, 2.45) is 0 Å². The van der Waals surface area contributed by atoms with Crippen LogP contribution in [0.1, 0.15) is 34.6 Å². The first-order valence-corrected chi connectivity index (χ1v) is 6.64. The molecule has 2 aromatic heterocycles. The van der Waals surface area contributed by atoms with Gasteiger partial charge >= 0.3 is 0 Å². The van der Waals surface area contributed by atoms with Crippen LogP contribution >= 0.6 is 11.3 Å². The highest BCUT2D eigenvalue weighted by atomic mass is 32.1. The van der Waals surface area contributed by atoms with Crippen molar-refractivity contribution in [1.82, 2.24) is 10.3 Å². The summed E-state index contributed by atoms with van der Waals surface area (Å²) in [6.45, 7) is 2.04. The molecule has 0 saturated heterocycles. The molecule has 2 heterocycles. The van der Waals surface area contributed by atoms with Crippen LogP contribution in [0.2, 0.25) is 0 Å². The maximum Gasteiger partial charge on any atom is 0.253 e. The maximum atomic E-state index is 12.1. The van der Waals surface area contributed by atoms with E-state index in [1.807, 2.05) is 24.4 Å². The Balaban J connectivity index is 2.14. The molecule has 0 aromatic carbocycles. The van der Waals surface area contributed by atoms with Gasteiger partial charge in [-0.2, -0.15) is 0 Å². The lowest BCUT2D eigenvalue weighted by molar-refractivity contribution is 0.0937. The number of nitrogens with one attached hydrogen (secondary N) is 1. The molecule has 1 amide bonds. The van der Waals surface area contributed by atoms with Gasteiger partial charge in [-0.3, -0.25) is 9.78 Å². The van der Waals surface area contributed by atoms with E-state index in [1.165, 1.54) is 6.20 Å². The third-order valence-electron chi connectivity index (χ3n) is 2.70.